The fraction of sp³-hybridized carbons (Fsp3) is 0.333. The van der Waals surface area contributed by atoms with Crippen molar-refractivity contribution in [3.8, 4) is 11.5 Å². The molecule has 3 amide bonds. The second-order valence-corrected chi connectivity index (χ2v) is 3.89. The van der Waals surface area contributed by atoms with E-state index >= 15 is 0 Å². The largest absolute Gasteiger partial charge is 0.497 e. The number of hydrogen-bond acceptors (Lipinski definition) is 5. The van der Waals surface area contributed by atoms with E-state index in [1.807, 2.05) is 5.32 Å². The van der Waals surface area contributed by atoms with Gasteiger partial charge in [0.1, 0.15) is 11.5 Å². The molecule has 7 heteroatoms. The molecule has 0 aliphatic carbocycles. The molecule has 0 saturated heterocycles. The fourth-order valence-corrected chi connectivity index (χ4v) is 1.46. The standard InChI is InChI=1S/C12H17N3O4/c1-7(13)9-4-3-8(18-2)5-10(9)19-6-11(16)15-12(14)17/h3-5,7H,6,13H2,1-2H3,(H3,14,15,16,17)/t7-/m1/s1. The zero-order chi connectivity index (χ0) is 14.4. The van der Waals surface area contributed by atoms with Crippen molar-refractivity contribution >= 4 is 11.9 Å². The second kappa shape index (κ2) is 6.60. The maximum atomic E-state index is 11.3. The van der Waals surface area contributed by atoms with Crippen LogP contribution in [0.5, 0.6) is 11.5 Å². The predicted octanol–water partition coefficient (Wildman–Crippen LogP) is 0.289. The van der Waals surface area contributed by atoms with Crippen LogP contribution in [0.15, 0.2) is 18.2 Å². The second-order valence-electron chi connectivity index (χ2n) is 3.89. The van der Waals surface area contributed by atoms with Crippen LogP contribution in [0.3, 0.4) is 0 Å². The lowest BCUT2D eigenvalue weighted by Crippen LogP contribution is -2.38. The molecule has 1 atom stereocenters. The van der Waals surface area contributed by atoms with Gasteiger partial charge in [0.25, 0.3) is 5.91 Å². The first-order valence-electron chi connectivity index (χ1n) is 5.59. The number of urea groups is 1. The van der Waals surface area contributed by atoms with Crippen molar-refractivity contribution < 1.29 is 19.1 Å². The molecule has 104 valence electrons. The summed E-state index contributed by atoms with van der Waals surface area (Å²) >= 11 is 0. The van der Waals surface area contributed by atoms with Crippen molar-refractivity contribution in [1.29, 1.82) is 0 Å². The lowest BCUT2D eigenvalue weighted by atomic mass is 10.1. The monoisotopic (exact) mass is 267 g/mol. The summed E-state index contributed by atoms with van der Waals surface area (Å²) in [7, 11) is 1.52. The number of hydrogen-bond donors (Lipinski definition) is 3. The maximum Gasteiger partial charge on any atom is 0.318 e. The van der Waals surface area contributed by atoms with Crippen LogP contribution < -0.4 is 26.3 Å². The summed E-state index contributed by atoms with van der Waals surface area (Å²) in [6.45, 7) is 1.45. The summed E-state index contributed by atoms with van der Waals surface area (Å²) in [5.74, 6) is 0.370. The quantitative estimate of drug-likeness (QED) is 0.708. The molecule has 0 bridgehead atoms. The summed E-state index contributed by atoms with van der Waals surface area (Å²) in [6, 6.07) is 3.93. The fourth-order valence-electron chi connectivity index (χ4n) is 1.46. The molecular formula is C12H17N3O4. The Morgan fingerprint density at radius 2 is 2.11 bits per heavy atom. The van der Waals surface area contributed by atoms with E-state index in [-0.39, 0.29) is 12.6 Å². The maximum absolute atomic E-state index is 11.3. The van der Waals surface area contributed by atoms with Crippen LogP contribution in [0, 0.1) is 0 Å². The first-order chi connectivity index (χ1) is 8.93. The lowest BCUT2D eigenvalue weighted by Gasteiger charge is -2.14. The normalized spacial score (nSPS) is 11.5. The first-order valence-corrected chi connectivity index (χ1v) is 5.59. The van der Waals surface area contributed by atoms with Crippen LogP contribution in [0.25, 0.3) is 0 Å². The number of carbonyl (C=O) groups is 2. The molecule has 19 heavy (non-hydrogen) atoms. The van der Waals surface area contributed by atoms with Crippen molar-refractivity contribution in [2.24, 2.45) is 11.5 Å². The molecule has 0 heterocycles. The van der Waals surface area contributed by atoms with Crippen molar-refractivity contribution in [2.45, 2.75) is 13.0 Å². The summed E-state index contributed by atoms with van der Waals surface area (Å²) in [5.41, 5.74) is 11.3. The van der Waals surface area contributed by atoms with Gasteiger partial charge in [-0.25, -0.2) is 4.79 Å². The van der Waals surface area contributed by atoms with Gasteiger partial charge in [0.05, 0.1) is 7.11 Å². The predicted molar refractivity (Wildman–Crippen MR) is 68.8 cm³/mol. The van der Waals surface area contributed by atoms with E-state index in [9.17, 15) is 9.59 Å². The van der Waals surface area contributed by atoms with Crippen molar-refractivity contribution in [3.63, 3.8) is 0 Å². The zero-order valence-corrected chi connectivity index (χ0v) is 10.8. The molecule has 1 aromatic carbocycles. The van der Waals surface area contributed by atoms with E-state index < -0.39 is 11.9 Å². The summed E-state index contributed by atoms with van der Waals surface area (Å²) < 4.78 is 10.4. The molecule has 1 aromatic rings. The van der Waals surface area contributed by atoms with Crippen molar-refractivity contribution in [3.05, 3.63) is 23.8 Å². The van der Waals surface area contributed by atoms with Crippen LogP contribution in [-0.4, -0.2) is 25.7 Å². The number of amides is 3. The zero-order valence-electron chi connectivity index (χ0n) is 10.8. The highest BCUT2D eigenvalue weighted by atomic mass is 16.5. The van der Waals surface area contributed by atoms with Gasteiger partial charge >= 0.3 is 6.03 Å². The van der Waals surface area contributed by atoms with E-state index in [1.165, 1.54) is 7.11 Å². The number of nitrogens with one attached hydrogen (secondary N) is 1. The molecule has 0 saturated carbocycles. The van der Waals surface area contributed by atoms with Gasteiger partial charge in [-0.1, -0.05) is 6.07 Å². The molecule has 7 nitrogen and oxygen atoms in total. The summed E-state index contributed by atoms with van der Waals surface area (Å²) in [6.07, 6.45) is 0. The number of ether oxygens (including phenoxy) is 2. The number of nitrogens with two attached hydrogens (primary N) is 2. The van der Waals surface area contributed by atoms with E-state index in [2.05, 4.69) is 0 Å². The molecule has 0 spiro atoms. The Balaban J connectivity index is 2.80. The van der Waals surface area contributed by atoms with Gasteiger partial charge < -0.3 is 20.9 Å². The number of primary amides is 1. The van der Waals surface area contributed by atoms with Crippen LogP contribution >= 0.6 is 0 Å². The van der Waals surface area contributed by atoms with Gasteiger partial charge in [0.15, 0.2) is 6.61 Å². The van der Waals surface area contributed by atoms with Gasteiger partial charge in [-0.2, -0.15) is 0 Å². The Labute approximate surface area is 110 Å². The van der Waals surface area contributed by atoms with Gasteiger partial charge in [0.2, 0.25) is 0 Å². The minimum absolute atomic E-state index is 0.264. The van der Waals surface area contributed by atoms with E-state index in [1.54, 1.807) is 25.1 Å². The number of carbonyl (C=O) groups excluding carboxylic acids is 2. The highest BCUT2D eigenvalue weighted by Crippen LogP contribution is 2.28. The molecule has 1 rings (SSSR count). The lowest BCUT2D eigenvalue weighted by molar-refractivity contribution is -0.121. The number of benzene rings is 1. The molecule has 5 N–H and O–H groups in total. The van der Waals surface area contributed by atoms with Gasteiger partial charge in [-0.3, -0.25) is 10.1 Å². The third-order valence-corrected chi connectivity index (χ3v) is 2.33. The van der Waals surface area contributed by atoms with Gasteiger partial charge in [0, 0.05) is 17.7 Å². The van der Waals surface area contributed by atoms with Gasteiger partial charge in [-0.15, -0.1) is 0 Å². The van der Waals surface area contributed by atoms with Crippen LogP contribution in [0.4, 0.5) is 4.79 Å². The third kappa shape index (κ3) is 4.47. The first kappa shape index (κ1) is 14.8. The minimum atomic E-state index is -0.924. The number of rotatable bonds is 5. The van der Waals surface area contributed by atoms with Crippen molar-refractivity contribution in [2.75, 3.05) is 13.7 Å². The molecule has 0 aliphatic heterocycles. The summed E-state index contributed by atoms with van der Waals surface area (Å²) in [5, 5.41) is 1.90. The molecule has 0 fully saturated rings. The Bertz CT molecular complexity index is 474. The Hall–Kier alpha value is -2.28. The Kier molecular flexibility index (Phi) is 5.13. The summed E-state index contributed by atoms with van der Waals surface area (Å²) in [4.78, 5) is 21.8. The SMILES string of the molecule is COc1ccc([C@@H](C)N)c(OCC(=O)NC(N)=O)c1. The highest BCUT2D eigenvalue weighted by molar-refractivity contribution is 5.94. The van der Waals surface area contributed by atoms with Gasteiger partial charge in [-0.05, 0) is 13.0 Å². The highest BCUT2D eigenvalue weighted by Gasteiger charge is 2.12. The van der Waals surface area contributed by atoms with Crippen molar-refractivity contribution in [1.82, 2.24) is 5.32 Å². The number of methoxy groups -OCH3 is 1. The third-order valence-electron chi connectivity index (χ3n) is 2.33. The molecule has 0 aliphatic rings. The molecule has 0 radical (unpaired) electrons. The van der Waals surface area contributed by atoms with E-state index in [4.69, 9.17) is 20.9 Å². The molecular weight excluding hydrogens is 250 g/mol. The van der Waals surface area contributed by atoms with E-state index in [0.29, 0.717) is 11.5 Å². The average Bonchev–Trinajstić information content (AvgIpc) is 2.34. The Morgan fingerprint density at radius 1 is 1.42 bits per heavy atom. The van der Waals surface area contributed by atoms with Crippen LogP contribution in [0.1, 0.15) is 18.5 Å². The minimum Gasteiger partial charge on any atom is -0.497 e. The van der Waals surface area contributed by atoms with E-state index in [0.717, 1.165) is 5.56 Å². The average molecular weight is 267 g/mol. The van der Waals surface area contributed by atoms with Crippen LogP contribution in [0.2, 0.25) is 0 Å². The van der Waals surface area contributed by atoms with Crippen LogP contribution in [-0.2, 0) is 4.79 Å². The molecule has 0 aromatic heterocycles. The smallest absolute Gasteiger partial charge is 0.318 e. The molecule has 0 unspecified atom stereocenters. The topological polar surface area (TPSA) is 117 Å². The Morgan fingerprint density at radius 3 is 2.63 bits per heavy atom. The number of imide groups is 1.